The summed E-state index contributed by atoms with van der Waals surface area (Å²) in [4.78, 5) is 25.0. The van der Waals surface area contributed by atoms with Gasteiger partial charge in [-0.25, -0.2) is 0 Å². The fourth-order valence-electron chi connectivity index (χ4n) is 2.17. The third-order valence-electron chi connectivity index (χ3n) is 3.37. The molecule has 0 bridgehead atoms. The van der Waals surface area contributed by atoms with E-state index in [9.17, 15) is 9.59 Å². The minimum atomic E-state index is -0.835. The molecule has 1 unspecified atom stereocenters. The number of nitrogens with one attached hydrogen (secondary N) is 1. The standard InChI is InChI=1S/C14H28N2O3/c1-6-11(16(7-2)8-3)13(19)15-14(4,5)10-9-12(17)18/h11H,6-10H2,1-5H3,(H,15,19)(H,17,18). The maximum atomic E-state index is 12.3. The molecule has 0 radical (unpaired) electrons. The molecule has 5 nitrogen and oxygen atoms in total. The van der Waals surface area contributed by atoms with Gasteiger partial charge in [0.15, 0.2) is 0 Å². The van der Waals surface area contributed by atoms with Crippen LogP contribution in [-0.4, -0.2) is 46.6 Å². The molecule has 0 aromatic rings. The number of carbonyl (C=O) groups excluding carboxylic acids is 1. The fraction of sp³-hybridized carbons (Fsp3) is 0.857. The van der Waals surface area contributed by atoms with E-state index in [0.717, 1.165) is 19.5 Å². The number of hydrogen-bond donors (Lipinski definition) is 2. The van der Waals surface area contributed by atoms with Crippen LogP contribution in [0, 0.1) is 0 Å². The van der Waals surface area contributed by atoms with Gasteiger partial charge in [0.25, 0.3) is 0 Å². The van der Waals surface area contributed by atoms with Crippen LogP contribution in [0.5, 0.6) is 0 Å². The first-order chi connectivity index (χ1) is 8.77. The van der Waals surface area contributed by atoms with Crippen molar-refractivity contribution in [3.8, 4) is 0 Å². The molecule has 0 spiro atoms. The zero-order valence-electron chi connectivity index (χ0n) is 12.8. The number of carboxylic acids is 1. The zero-order chi connectivity index (χ0) is 15.1. The Morgan fingerprint density at radius 2 is 1.74 bits per heavy atom. The van der Waals surface area contributed by atoms with E-state index in [0.29, 0.717) is 6.42 Å². The highest BCUT2D eigenvalue weighted by molar-refractivity contribution is 5.82. The minimum absolute atomic E-state index is 0.0124. The average molecular weight is 272 g/mol. The number of carbonyl (C=O) groups is 2. The third kappa shape index (κ3) is 6.57. The van der Waals surface area contributed by atoms with Gasteiger partial charge in [0.05, 0.1) is 6.04 Å². The molecular weight excluding hydrogens is 244 g/mol. The lowest BCUT2D eigenvalue weighted by molar-refractivity contribution is -0.138. The van der Waals surface area contributed by atoms with E-state index in [-0.39, 0.29) is 18.4 Å². The quantitative estimate of drug-likeness (QED) is 0.672. The summed E-state index contributed by atoms with van der Waals surface area (Å²) in [5.41, 5.74) is -0.490. The summed E-state index contributed by atoms with van der Waals surface area (Å²) in [5, 5.41) is 11.7. The predicted octanol–water partition coefficient (Wildman–Crippen LogP) is 1.87. The van der Waals surface area contributed by atoms with Gasteiger partial charge < -0.3 is 10.4 Å². The van der Waals surface area contributed by atoms with Crippen molar-refractivity contribution in [2.24, 2.45) is 0 Å². The first-order valence-corrected chi connectivity index (χ1v) is 7.05. The normalized spacial score (nSPS) is 13.4. The van der Waals surface area contributed by atoms with E-state index in [4.69, 9.17) is 5.11 Å². The van der Waals surface area contributed by atoms with Crippen LogP contribution in [-0.2, 0) is 9.59 Å². The lowest BCUT2D eigenvalue weighted by atomic mass is 9.97. The molecule has 0 aliphatic carbocycles. The average Bonchev–Trinajstić information content (AvgIpc) is 2.32. The Morgan fingerprint density at radius 3 is 2.11 bits per heavy atom. The molecule has 2 N–H and O–H groups in total. The summed E-state index contributed by atoms with van der Waals surface area (Å²) in [6, 6.07) is -0.140. The Bertz CT molecular complexity index is 299. The van der Waals surface area contributed by atoms with E-state index in [1.165, 1.54) is 0 Å². The van der Waals surface area contributed by atoms with Crippen LogP contribution < -0.4 is 5.32 Å². The maximum Gasteiger partial charge on any atom is 0.303 e. The number of carboxylic acid groups (broad SMARTS) is 1. The van der Waals surface area contributed by atoms with Crippen LogP contribution >= 0.6 is 0 Å². The van der Waals surface area contributed by atoms with E-state index in [1.807, 2.05) is 34.6 Å². The number of rotatable bonds is 9. The van der Waals surface area contributed by atoms with Gasteiger partial charge in [-0.05, 0) is 39.8 Å². The molecule has 0 aliphatic rings. The van der Waals surface area contributed by atoms with E-state index >= 15 is 0 Å². The Hall–Kier alpha value is -1.10. The first-order valence-electron chi connectivity index (χ1n) is 7.05. The van der Waals surface area contributed by atoms with Crippen LogP contribution in [0.25, 0.3) is 0 Å². The van der Waals surface area contributed by atoms with Gasteiger partial charge in [-0.3, -0.25) is 14.5 Å². The van der Waals surface area contributed by atoms with Gasteiger partial charge >= 0.3 is 5.97 Å². The largest absolute Gasteiger partial charge is 0.481 e. The maximum absolute atomic E-state index is 12.3. The third-order valence-corrected chi connectivity index (χ3v) is 3.37. The minimum Gasteiger partial charge on any atom is -0.481 e. The first kappa shape index (κ1) is 17.9. The van der Waals surface area contributed by atoms with Crippen LogP contribution in [0.3, 0.4) is 0 Å². The van der Waals surface area contributed by atoms with Crippen LogP contribution in [0.2, 0.25) is 0 Å². The molecule has 0 aliphatic heterocycles. The van der Waals surface area contributed by atoms with Gasteiger partial charge in [-0.15, -0.1) is 0 Å². The van der Waals surface area contributed by atoms with E-state index < -0.39 is 11.5 Å². The summed E-state index contributed by atoms with van der Waals surface area (Å²) in [5.74, 6) is -0.848. The van der Waals surface area contributed by atoms with Crippen molar-refractivity contribution in [1.29, 1.82) is 0 Å². The van der Waals surface area contributed by atoms with E-state index in [1.54, 1.807) is 0 Å². The molecule has 0 heterocycles. The second kappa shape index (κ2) is 8.15. The van der Waals surface area contributed by atoms with Crippen LogP contribution in [0.1, 0.15) is 53.9 Å². The lowest BCUT2D eigenvalue weighted by Gasteiger charge is -2.32. The Morgan fingerprint density at radius 1 is 1.21 bits per heavy atom. The van der Waals surface area contributed by atoms with Crippen LogP contribution in [0.15, 0.2) is 0 Å². The SMILES string of the molecule is CCC(C(=O)NC(C)(C)CCC(=O)O)N(CC)CC. The fourth-order valence-corrected chi connectivity index (χ4v) is 2.17. The van der Waals surface area contributed by atoms with Gasteiger partial charge in [0.2, 0.25) is 5.91 Å². The smallest absolute Gasteiger partial charge is 0.303 e. The van der Waals surface area contributed by atoms with Crippen molar-refractivity contribution < 1.29 is 14.7 Å². The molecule has 0 rings (SSSR count). The van der Waals surface area contributed by atoms with Crippen molar-refractivity contribution in [1.82, 2.24) is 10.2 Å². The number of amides is 1. The van der Waals surface area contributed by atoms with Crippen LogP contribution in [0.4, 0.5) is 0 Å². The molecule has 19 heavy (non-hydrogen) atoms. The number of aliphatic carboxylic acids is 1. The molecule has 0 saturated heterocycles. The number of hydrogen-bond acceptors (Lipinski definition) is 3. The van der Waals surface area contributed by atoms with Gasteiger partial charge in [0, 0.05) is 12.0 Å². The summed E-state index contributed by atoms with van der Waals surface area (Å²) in [6.07, 6.45) is 1.25. The summed E-state index contributed by atoms with van der Waals surface area (Å²) >= 11 is 0. The highest BCUT2D eigenvalue weighted by Crippen LogP contribution is 2.13. The number of nitrogens with zero attached hydrogens (tertiary/aromatic N) is 1. The summed E-state index contributed by atoms with van der Waals surface area (Å²) in [6.45, 7) is 11.5. The lowest BCUT2D eigenvalue weighted by Crippen LogP contribution is -2.53. The van der Waals surface area contributed by atoms with Crippen molar-refractivity contribution in [2.45, 2.75) is 65.5 Å². The van der Waals surface area contributed by atoms with Gasteiger partial charge in [-0.1, -0.05) is 20.8 Å². The van der Waals surface area contributed by atoms with Crippen molar-refractivity contribution in [3.63, 3.8) is 0 Å². The second-order valence-corrected chi connectivity index (χ2v) is 5.41. The van der Waals surface area contributed by atoms with Gasteiger partial charge in [-0.2, -0.15) is 0 Å². The second-order valence-electron chi connectivity index (χ2n) is 5.41. The topological polar surface area (TPSA) is 69.6 Å². The van der Waals surface area contributed by atoms with Crippen molar-refractivity contribution in [2.75, 3.05) is 13.1 Å². The molecule has 0 saturated carbocycles. The molecule has 112 valence electrons. The highest BCUT2D eigenvalue weighted by Gasteiger charge is 2.27. The summed E-state index contributed by atoms with van der Waals surface area (Å²) < 4.78 is 0. The molecule has 1 atom stereocenters. The summed E-state index contributed by atoms with van der Waals surface area (Å²) in [7, 11) is 0. The Labute approximate surface area is 116 Å². The highest BCUT2D eigenvalue weighted by atomic mass is 16.4. The molecule has 0 aromatic carbocycles. The molecular formula is C14H28N2O3. The molecule has 5 heteroatoms. The molecule has 1 amide bonds. The monoisotopic (exact) mass is 272 g/mol. The Balaban J connectivity index is 4.58. The van der Waals surface area contributed by atoms with E-state index in [2.05, 4.69) is 10.2 Å². The molecule has 0 aromatic heterocycles. The van der Waals surface area contributed by atoms with Gasteiger partial charge in [0.1, 0.15) is 0 Å². The zero-order valence-corrected chi connectivity index (χ0v) is 12.8. The van der Waals surface area contributed by atoms with Crippen molar-refractivity contribution in [3.05, 3.63) is 0 Å². The predicted molar refractivity (Wildman–Crippen MR) is 76.1 cm³/mol. The van der Waals surface area contributed by atoms with Crippen molar-refractivity contribution >= 4 is 11.9 Å². The Kier molecular flexibility index (Phi) is 7.68. The molecule has 0 fully saturated rings. The number of likely N-dealkylation sites (N-methyl/N-ethyl adjacent to an activating group) is 1.